The second-order valence-electron chi connectivity index (χ2n) is 6.93. The van der Waals surface area contributed by atoms with Gasteiger partial charge in [0.1, 0.15) is 5.57 Å². The minimum absolute atomic E-state index is 0.107. The average Bonchev–Trinajstić information content (AvgIpc) is 3.12. The molecule has 8 heteroatoms. The van der Waals surface area contributed by atoms with E-state index < -0.39 is 17.8 Å². The molecule has 2 aliphatic rings. The van der Waals surface area contributed by atoms with Gasteiger partial charge in [0.05, 0.1) is 5.69 Å². The van der Waals surface area contributed by atoms with Gasteiger partial charge in [-0.25, -0.2) is 9.69 Å². The molecule has 2 aromatic carbocycles. The summed E-state index contributed by atoms with van der Waals surface area (Å²) in [5.74, 6) is -0.0445. The molecular formula is C21H17BrN2O5. The topological polar surface area (TPSA) is 84.9 Å². The quantitative estimate of drug-likeness (QED) is 0.557. The van der Waals surface area contributed by atoms with E-state index in [4.69, 9.17) is 9.47 Å². The first kappa shape index (κ1) is 19.2. The predicted molar refractivity (Wildman–Crippen MR) is 110 cm³/mol. The second-order valence-corrected chi connectivity index (χ2v) is 7.79. The number of benzene rings is 2. The van der Waals surface area contributed by atoms with Crippen molar-refractivity contribution in [1.29, 1.82) is 0 Å². The Hall–Kier alpha value is -3.13. The SMILES string of the molecule is CC(C)c1ccc(N2C(=O)NC(=O)/C(=C\c3cc4c(cc3Br)OCO4)C2=O)cc1. The normalized spacial score (nSPS) is 17.3. The molecule has 0 spiro atoms. The van der Waals surface area contributed by atoms with Gasteiger partial charge in [-0.2, -0.15) is 0 Å². The van der Waals surface area contributed by atoms with E-state index in [0.717, 1.165) is 10.5 Å². The number of anilines is 1. The van der Waals surface area contributed by atoms with Crippen LogP contribution in [0.1, 0.15) is 30.9 Å². The third-order valence-electron chi connectivity index (χ3n) is 4.71. The highest BCUT2D eigenvalue weighted by molar-refractivity contribution is 9.10. The van der Waals surface area contributed by atoms with E-state index in [-0.39, 0.29) is 12.4 Å². The lowest BCUT2D eigenvalue weighted by molar-refractivity contribution is -0.122. The Morgan fingerprint density at radius 3 is 2.38 bits per heavy atom. The Morgan fingerprint density at radius 1 is 1.07 bits per heavy atom. The third-order valence-corrected chi connectivity index (χ3v) is 5.40. The van der Waals surface area contributed by atoms with Crippen molar-refractivity contribution in [3.8, 4) is 11.5 Å². The molecule has 0 atom stereocenters. The molecule has 0 aliphatic carbocycles. The molecule has 0 bridgehead atoms. The van der Waals surface area contributed by atoms with E-state index >= 15 is 0 Å². The van der Waals surface area contributed by atoms with Crippen LogP contribution in [0.25, 0.3) is 6.08 Å². The zero-order chi connectivity index (χ0) is 20.7. The Labute approximate surface area is 175 Å². The van der Waals surface area contributed by atoms with Gasteiger partial charge in [0.25, 0.3) is 11.8 Å². The first-order valence-corrected chi connectivity index (χ1v) is 9.75. The zero-order valence-corrected chi connectivity index (χ0v) is 17.3. The maximum Gasteiger partial charge on any atom is 0.335 e. The highest BCUT2D eigenvalue weighted by atomic mass is 79.9. The van der Waals surface area contributed by atoms with Crippen LogP contribution < -0.4 is 19.7 Å². The summed E-state index contributed by atoms with van der Waals surface area (Å²) in [7, 11) is 0. The van der Waals surface area contributed by atoms with Gasteiger partial charge >= 0.3 is 6.03 Å². The Balaban J connectivity index is 1.71. The number of urea groups is 1. The van der Waals surface area contributed by atoms with E-state index in [1.54, 1.807) is 24.3 Å². The van der Waals surface area contributed by atoms with Crippen molar-refractivity contribution < 1.29 is 23.9 Å². The fraction of sp³-hybridized carbons (Fsp3) is 0.190. The largest absolute Gasteiger partial charge is 0.454 e. The Kier molecular flexibility index (Phi) is 4.87. The number of hydrogen-bond donors (Lipinski definition) is 1. The highest BCUT2D eigenvalue weighted by Gasteiger charge is 2.37. The number of nitrogens with one attached hydrogen (secondary N) is 1. The van der Waals surface area contributed by atoms with Gasteiger partial charge < -0.3 is 9.47 Å². The summed E-state index contributed by atoms with van der Waals surface area (Å²) >= 11 is 3.41. The minimum atomic E-state index is -0.779. The lowest BCUT2D eigenvalue weighted by Gasteiger charge is -2.26. The number of fused-ring (bicyclic) bond motifs is 1. The van der Waals surface area contributed by atoms with Crippen LogP contribution in [0.2, 0.25) is 0 Å². The average molecular weight is 457 g/mol. The number of nitrogens with zero attached hydrogens (tertiary/aromatic N) is 1. The molecule has 148 valence electrons. The van der Waals surface area contributed by atoms with Gasteiger partial charge in [-0.1, -0.05) is 41.9 Å². The summed E-state index contributed by atoms with van der Waals surface area (Å²) in [5.41, 5.74) is 1.86. The monoisotopic (exact) mass is 456 g/mol. The van der Waals surface area contributed by atoms with Gasteiger partial charge in [0, 0.05) is 4.47 Å². The number of carbonyl (C=O) groups excluding carboxylic acids is 3. The van der Waals surface area contributed by atoms with Crippen molar-refractivity contribution >= 4 is 45.5 Å². The van der Waals surface area contributed by atoms with E-state index in [1.807, 2.05) is 12.1 Å². The summed E-state index contributed by atoms with van der Waals surface area (Å²) in [6.07, 6.45) is 1.42. The van der Waals surface area contributed by atoms with Crippen molar-refractivity contribution in [2.24, 2.45) is 0 Å². The number of amides is 4. The zero-order valence-electron chi connectivity index (χ0n) is 15.7. The van der Waals surface area contributed by atoms with Gasteiger partial charge in [0.2, 0.25) is 6.79 Å². The van der Waals surface area contributed by atoms with Gasteiger partial charge in [0.15, 0.2) is 11.5 Å². The molecule has 4 rings (SSSR count). The maximum atomic E-state index is 13.0. The first-order chi connectivity index (χ1) is 13.8. The Morgan fingerprint density at radius 2 is 1.72 bits per heavy atom. The van der Waals surface area contributed by atoms with Crippen molar-refractivity contribution in [1.82, 2.24) is 5.32 Å². The maximum absolute atomic E-state index is 13.0. The number of halogens is 1. The summed E-state index contributed by atoms with van der Waals surface area (Å²) in [5, 5.41) is 2.23. The lowest BCUT2D eigenvalue weighted by atomic mass is 10.0. The number of rotatable bonds is 3. The number of barbiturate groups is 1. The van der Waals surface area contributed by atoms with Crippen LogP contribution in [0, 0.1) is 0 Å². The van der Waals surface area contributed by atoms with E-state index in [2.05, 4.69) is 35.1 Å². The molecule has 29 heavy (non-hydrogen) atoms. The molecule has 7 nitrogen and oxygen atoms in total. The van der Waals surface area contributed by atoms with Gasteiger partial charge in [-0.05, 0) is 47.4 Å². The van der Waals surface area contributed by atoms with Crippen LogP contribution in [0.3, 0.4) is 0 Å². The number of hydrogen-bond acceptors (Lipinski definition) is 5. The predicted octanol–water partition coefficient (Wildman–Crippen LogP) is 3.97. The number of imide groups is 2. The highest BCUT2D eigenvalue weighted by Crippen LogP contribution is 2.38. The van der Waals surface area contributed by atoms with Crippen LogP contribution >= 0.6 is 15.9 Å². The van der Waals surface area contributed by atoms with Crippen molar-refractivity contribution in [2.75, 3.05) is 11.7 Å². The molecule has 1 saturated heterocycles. The van der Waals surface area contributed by atoms with Crippen LogP contribution in [0.15, 0.2) is 46.4 Å². The minimum Gasteiger partial charge on any atom is -0.454 e. The molecule has 2 heterocycles. The molecular weight excluding hydrogens is 440 g/mol. The van der Waals surface area contributed by atoms with Crippen LogP contribution in [0.4, 0.5) is 10.5 Å². The van der Waals surface area contributed by atoms with Gasteiger partial charge in [-0.3, -0.25) is 14.9 Å². The molecule has 0 unspecified atom stereocenters. The molecule has 0 saturated carbocycles. The van der Waals surface area contributed by atoms with Crippen molar-refractivity contribution in [3.63, 3.8) is 0 Å². The van der Waals surface area contributed by atoms with Gasteiger partial charge in [-0.15, -0.1) is 0 Å². The Bertz CT molecular complexity index is 1060. The second kappa shape index (κ2) is 7.36. The molecule has 1 fully saturated rings. The van der Waals surface area contributed by atoms with Crippen LogP contribution in [-0.2, 0) is 9.59 Å². The molecule has 0 aromatic heterocycles. The number of carbonyl (C=O) groups is 3. The summed E-state index contributed by atoms with van der Waals surface area (Å²) in [6, 6.07) is 9.68. The fourth-order valence-corrected chi connectivity index (χ4v) is 3.54. The smallest absolute Gasteiger partial charge is 0.335 e. The molecule has 2 aromatic rings. The summed E-state index contributed by atoms with van der Waals surface area (Å²) in [4.78, 5) is 38.7. The molecule has 1 N–H and O–H groups in total. The summed E-state index contributed by atoms with van der Waals surface area (Å²) in [6.45, 7) is 4.21. The van der Waals surface area contributed by atoms with Crippen LogP contribution in [-0.4, -0.2) is 24.6 Å². The summed E-state index contributed by atoms with van der Waals surface area (Å²) < 4.78 is 11.3. The number of ether oxygens (including phenoxy) is 2. The lowest BCUT2D eigenvalue weighted by Crippen LogP contribution is -2.54. The first-order valence-electron chi connectivity index (χ1n) is 8.95. The fourth-order valence-electron chi connectivity index (χ4n) is 3.10. The molecule has 2 aliphatic heterocycles. The van der Waals surface area contributed by atoms with Crippen molar-refractivity contribution in [2.45, 2.75) is 19.8 Å². The van der Waals surface area contributed by atoms with E-state index in [0.29, 0.717) is 33.1 Å². The van der Waals surface area contributed by atoms with E-state index in [9.17, 15) is 14.4 Å². The molecule has 4 amide bonds. The van der Waals surface area contributed by atoms with Crippen LogP contribution in [0.5, 0.6) is 11.5 Å². The van der Waals surface area contributed by atoms with Crippen molar-refractivity contribution in [3.05, 3.63) is 57.6 Å². The van der Waals surface area contributed by atoms with E-state index in [1.165, 1.54) is 6.08 Å². The standard InChI is InChI=1S/C21H17BrN2O5/c1-11(2)12-3-5-14(6-4-12)24-20(26)15(19(25)23-21(24)27)7-13-8-17-18(9-16(13)22)29-10-28-17/h3-9,11H,10H2,1-2H3,(H,23,25,27)/b15-7+. The molecule has 0 radical (unpaired) electrons. The third kappa shape index (κ3) is 3.51.